The third-order valence-corrected chi connectivity index (χ3v) is 2.96. The Balaban J connectivity index is 2.84. The first-order chi connectivity index (χ1) is 8.30. The van der Waals surface area contributed by atoms with Crippen LogP contribution in [0.25, 0.3) is 0 Å². The van der Waals surface area contributed by atoms with Crippen molar-refractivity contribution in [3.8, 4) is 0 Å². The molecule has 1 rings (SSSR count). The predicted molar refractivity (Wildman–Crippen MR) is 78.9 cm³/mol. The van der Waals surface area contributed by atoms with Crippen molar-refractivity contribution in [1.29, 1.82) is 0 Å². The summed E-state index contributed by atoms with van der Waals surface area (Å²) in [6.45, 7) is 4.47. The molecular weight excluding hydrogens is 292 g/mol. The first-order valence-electron chi connectivity index (χ1n) is 6.00. The average Bonchev–Trinajstić information content (AvgIpc) is 2.27. The predicted octanol–water partition coefficient (Wildman–Crippen LogP) is 2.58. The lowest BCUT2D eigenvalue weighted by Gasteiger charge is -2.26. The maximum absolute atomic E-state index is 12.1. The minimum absolute atomic E-state index is 0.00166. The Morgan fingerprint density at radius 1 is 1.33 bits per heavy atom. The number of likely N-dealkylation sites (N-methyl/N-ethyl adjacent to an activating group) is 1. The highest BCUT2D eigenvalue weighted by Crippen LogP contribution is 2.19. The molecule has 0 saturated carbocycles. The Hall–Kier alpha value is -0.870. The van der Waals surface area contributed by atoms with Gasteiger partial charge in [0.15, 0.2) is 0 Å². The SMILES string of the molecule is CN(C)CC(NC(=O)C(C)(C)Br)c1ccccc1. The first kappa shape index (κ1) is 15.2. The van der Waals surface area contributed by atoms with Crippen molar-refractivity contribution in [2.24, 2.45) is 0 Å². The number of amides is 1. The molecule has 0 heterocycles. The van der Waals surface area contributed by atoms with Crippen molar-refractivity contribution >= 4 is 21.8 Å². The molecule has 0 spiro atoms. The summed E-state index contributed by atoms with van der Waals surface area (Å²) in [4.78, 5) is 14.1. The van der Waals surface area contributed by atoms with E-state index >= 15 is 0 Å². The van der Waals surface area contributed by atoms with Crippen LogP contribution in [0.4, 0.5) is 0 Å². The molecule has 0 aromatic heterocycles. The van der Waals surface area contributed by atoms with Crippen molar-refractivity contribution < 1.29 is 4.79 Å². The molecule has 0 aliphatic carbocycles. The second kappa shape index (κ2) is 6.34. The Kier molecular flexibility index (Phi) is 5.35. The van der Waals surface area contributed by atoms with Crippen LogP contribution in [-0.4, -0.2) is 35.8 Å². The van der Waals surface area contributed by atoms with Gasteiger partial charge in [-0.1, -0.05) is 46.3 Å². The lowest BCUT2D eigenvalue weighted by atomic mass is 10.1. The van der Waals surface area contributed by atoms with Crippen LogP contribution in [-0.2, 0) is 4.79 Å². The van der Waals surface area contributed by atoms with Gasteiger partial charge in [0.05, 0.1) is 10.4 Å². The molecule has 1 aromatic rings. The molecule has 1 aromatic carbocycles. The molecule has 1 unspecified atom stereocenters. The molecule has 1 N–H and O–H groups in total. The number of hydrogen-bond acceptors (Lipinski definition) is 2. The van der Waals surface area contributed by atoms with E-state index in [1.807, 2.05) is 58.3 Å². The van der Waals surface area contributed by atoms with Crippen molar-refractivity contribution in [3.05, 3.63) is 35.9 Å². The van der Waals surface area contributed by atoms with E-state index in [0.717, 1.165) is 12.1 Å². The van der Waals surface area contributed by atoms with Gasteiger partial charge in [-0.05, 0) is 33.5 Å². The number of carbonyl (C=O) groups is 1. The molecular formula is C14H21BrN2O. The normalized spacial score (nSPS) is 13.4. The molecule has 0 radical (unpaired) electrons. The average molecular weight is 313 g/mol. The molecule has 1 amide bonds. The van der Waals surface area contributed by atoms with Gasteiger partial charge in [-0.2, -0.15) is 0 Å². The summed E-state index contributed by atoms with van der Waals surface area (Å²) in [5, 5.41) is 3.08. The second-order valence-electron chi connectivity index (χ2n) is 5.17. The summed E-state index contributed by atoms with van der Waals surface area (Å²) in [7, 11) is 4.00. The van der Waals surface area contributed by atoms with Gasteiger partial charge in [0.2, 0.25) is 5.91 Å². The summed E-state index contributed by atoms with van der Waals surface area (Å²) in [5.41, 5.74) is 1.12. The molecule has 0 fully saturated rings. The number of rotatable bonds is 5. The Morgan fingerprint density at radius 3 is 2.33 bits per heavy atom. The van der Waals surface area contributed by atoms with E-state index in [-0.39, 0.29) is 11.9 Å². The molecule has 1 atom stereocenters. The number of hydrogen-bond donors (Lipinski definition) is 1. The second-order valence-corrected chi connectivity index (χ2v) is 7.15. The van der Waals surface area contributed by atoms with Crippen LogP contribution in [0.3, 0.4) is 0 Å². The Morgan fingerprint density at radius 2 is 1.89 bits per heavy atom. The van der Waals surface area contributed by atoms with E-state index in [9.17, 15) is 4.79 Å². The zero-order valence-electron chi connectivity index (χ0n) is 11.4. The van der Waals surface area contributed by atoms with Crippen LogP contribution in [0.1, 0.15) is 25.5 Å². The largest absolute Gasteiger partial charge is 0.347 e. The number of carbonyl (C=O) groups excluding carboxylic acids is 1. The standard InChI is InChI=1S/C14H21BrN2O/c1-14(2,15)13(18)16-12(10-17(3)4)11-8-6-5-7-9-11/h5-9,12H,10H2,1-4H3,(H,16,18). The molecule has 0 aliphatic rings. The smallest absolute Gasteiger partial charge is 0.236 e. The van der Waals surface area contributed by atoms with Crippen molar-refractivity contribution in [3.63, 3.8) is 0 Å². The quantitative estimate of drug-likeness (QED) is 0.848. The molecule has 18 heavy (non-hydrogen) atoms. The summed E-state index contributed by atoms with van der Waals surface area (Å²) in [5.74, 6) is -0.00166. The fourth-order valence-electron chi connectivity index (χ4n) is 1.61. The monoisotopic (exact) mass is 312 g/mol. The molecule has 0 aliphatic heterocycles. The molecule has 3 nitrogen and oxygen atoms in total. The van der Waals surface area contributed by atoms with Crippen LogP contribution in [0.15, 0.2) is 30.3 Å². The highest BCUT2D eigenvalue weighted by molar-refractivity contribution is 9.10. The number of halogens is 1. The lowest BCUT2D eigenvalue weighted by Crippen LogP contribution is -2.42. The zero-order chi connectivity index (χ0) is 13.8. The van der Waals surface area contributed by atoms with Crippen LogP contribution < -0.4 is 5.32 Å². The van der Waals surface area contributed by atoms with E-state index in [1.165, 1.54) is 0 Å². The van der Waals surface area contributed by atoms with Gasteiger partial charge in [0.1, 0.15) is 0 Å². The first-order valence-corrected chi connectivity index (χ1v) is 6.79. The van der Waals surface area contributed by atoms with Gasteiger partial charge in [-0.3, -0.25) is 4.79 Å². The van der Waals surface area contributed by atoms with Crippen LogP contribution in [0.5, 0.6) is 0 Å². The number of nitrogens with zero attached hydrogens (tertiary/aromatic N) is 1. The van der Waals surface area contributed by atoms with E-state index < -0.39 is 4.32 Å². The molecule has 0 bridgehead atoms. The highest BCUT2D eigenvalue weighted by Gasteiger charge is 2.26. The number of nitrogens with one attached hydrogen (secondary N) is 1. The maximum Gasteiger partial charge on any atom is 0.236 e. The Bertz CT molecular complexity index is 385. The van der Waals surface area contributed by atoms with Gasteiger partial charge >= 0.3 is 0 Å². The number of alkyl halides is 1. The molecule has 100 valence electrons. The molecule has 0 saturated heterocycles. The van der Waals surface area contributed by atoms with Gasteiger partial charge in [0, 0.05) is 6.54 Å². The van der Waals surface area contributed by atoms with E-state index in [1.54, 1.807) is 0 Å². The van der Waals surface area contributed by atoms with Crippen LogP contribution in [0, 0.1) is 0 Å². The highest BCUT2D eigenvalue weighted by atomic mass is 79.9. The van der Waals surface area contributed by atoms with Gasteiger partial charge in [-0.15, -0.1) is 0 Å². The Labute approximate surface area is 118 Å². The van der Waals surface area contributed by atoms with Crippen molar-refractivity contribution in [1.82, 2.24) is 10.2 Å². The lowest BCUT2D eigenvalue weighted by molar-refractivity contribution is -0.123. The van der Waals surface area contributed by atoms with Gasteiger partial charge in [0.25, 0.3) is 0 Å². The van der Waals surface area contributed by atoms with E-state index in [4.69, 9.17) is 0 Å². The fraction of sp³-hybridized carbons (Fsp3) is 0.500. The third kappa shape index (κ3) is 4.78. The fourth-order valence-corrected chi connectivity index (χ4v) is 1.73. The number of benzene rings is 1. The van der Waals surface area contributed by atoms with Crippen LogP contribution >= 0.6 is 15.9 Å². The summed E-state index contributed by atoms with van der Waals surface area (Å²) < 4.78 is -0.549. The topological polar surface area (TPSA) is 32.3 Å². The maximum atomic E-state index is 12.1. The summed E-state index contributed by atoms with van der Waals surface area (Å²) in [6.07, 6.45) is 0. The van der Waals surface area contributed by atoms with E-state index in [0.29, 0.717) is 0 Å². The molecule has 4 heteroatoms. The minimum Gasteiger partial charge on any atom is -0.347 e. The zero-order valence-corrected chi connectivity index (χ0v) is 13.0. The third-order valence-electron chi connectivity index (χ3n) is 2.59. The van der Waals surface area contributed by atoms with Crippen molar-refractivity contribution in [2.45, 2.75) is 24.2 Å². The van der Waals surface area contributed by atoms with Gasteiger partial charge < -0.3 is 10.2 Å². The minimum atomic E-state index is -0.549. The van der Waals surface area contributed by atoms with Gasteiger partial charge in [-0.25, -0.2) is 0 Å². The van der Waals surface area contributed by atoms with Crippen LogP contribution in [0.2, 0.25) is 0 Å². The van der Waals surface area contributed by atoms with Crippen molar-refractivity contribution in [2.75, 3.05) is 20.6 Å². The van der Waals surface area contributed by atoms with E-state index in [2.05, 4.69) is 26.1 Å². The summed E-state index contributed by atoms with van der Waals surface area (Å²) in [6, 6.07) is 10.0. The summed E-state index contributed by atoms with van der Waals surface area (Å²) >= 11 is 3.39.